The maximum Gasteiger partial charge on any atom is 0.337 e. The predicted octanol–water partition coefficient (Wildman–Crippen LogP) is 2.58. The van der Waals surface area contributed by atoms with E-state index in [1.54, 1.807) is 18.1 Å². The fraction of sp³-hybridized carbons (Fsp3) is 0.500. The number of rotatable bonds is 9. The standard InChI is InChI=1S/C22H30N2O6/c1-15(2)24-9-5-6-18(12-24)21(25)29-14-30-22(26)23(4)16(3)10-17-7-8-19-20(11-17)28-13-27-19/h5,7-9,11-12,15-16,22,26H,6,10,13-14H2,1-4H3. The van der Waals surface area contributed by atoms with Crippen molar-refractivity contribution in [1.29, 1.82) is 0 Å². The molecule has 1 aromatic rings. The first kappa shape index (κ1) is 22.1. The van der Waals surface area contributed by atoms with Gasteiger partial charge in [-0.25, -0.2) is 4.79 Å². The number of fused-ring (bicyclic) bond motifs is 1. The average Bonchev–Trinajstić information content (AvgIpc) is 3.20. The van der Waals surface area contributed by atoms with E-state index in [4.69, 9.17) is 18.9 Å². The van der Waals surface area contributed by atoms with Crippen molar-refractivity contribution < 1.29 is 28.8 Å². The van der Waals surface area contributed by atoms with E-state index in [1.807, 2.05) is 56.1 Å². The van der Waals surface area contributed by atoms with Crippen LogP contribution in [0.4, 0.5) is 0 Å². The summed E-state index contributed by atoms with van der Waals surface area (Å²) < 4.78 is 21.2. The number of likely N-dealkylation sites (N-methyl/N-ethyl adjacent to an activating group) is 1. The smallest absolute Gasteiger partial charge is 0.337 e. The summed E-state index contributed by atoms with van der Waals surface area (Å²) in [6, 6.07) is 6.02. The zero-order chi connectivity index (χ0) is 21.7. The van der Waals surface area contributed by atoms with Crippen LogP contribution in [0.3, 0.4) is 0 Å². The first-order valence-electron chi connectivity index (χ1n) is 10.1. The molecule has 2 atom stereocenters. The number of hydrogen-bond acceptors (Lipinski definition) is 8. The van der Waals surface area contributed by atoms with Crippen molar-refractivity contribution in [2.24, 2.45) is 0 Å². The molecule has 0 bridgehead atoms. The Bertz CT molecular complexity index is 807. The Kier molecular flexibility index (Phi) is 7.36. The van der Waals surface area contributed by atoms with Gasteiger partial charge in [0, 0.05) is 30.9 Å². The molecule has 1 N–H and O–H groups in total. The van der Waals surface area contributed by atoms with E-state index in [1.165, 1.54) is 0 Å². The molecule has 0 amide bonds. The van der Waals surface area contributed by atoms with Crippen molar-refractivity contribution in [2.45, 2.75) is 52.1 Å². The van der Waals surface area contributed by atoms with Gasteiger partial charge in [0.05, 0.1) is 5.57 Å². The molecule has 0 radical (unpaired) electrons. The van der Waals surface area contributed by atoms with Crippen LogP contribution < -0.4 is 9.47 Å². The van der Waals surface area contributed by atoms with Gasteiger partial charge in [0.2, 0.25) is 13.2 Å². The van der Waals surface area contributed by atoms with Gasteiger partial charge in [-0.2, -0.15) is 0 Å². The molecule has 0 spiro atoms. The van der Waals surface area contributed by atoms with E-state index in [2.05, 4.69) is 0 Å². The Labute approximate surface area is 177 Å². The molecule has 3 rings (SSSR count). The second-order valence-electron chi connectivity index (χ2n) is 7.73. The monoisotopic (exact) mass is 418 g/mol. The molecule has 8 heteroatoms. The molecule has 0 saturated heterocycles. The summed E-state index contributed by atoms with van der Waals surface area (Å²) >= 11 is 0. The molecule has 0 aliphatic carbocycles. The van der Waals surface area contributed by atoms with Crippen molar-refractivity contribution in [1.82, 2.24) is 9.80 Å². The molecule has 2 heterocycles. The van der Waals surface area contributed by atoms with Crippen LogP contribution >= 0.6 is 0 Å². The van der Waals surface area contributed by atoms with Crippen LogP contribution in [-0.2, 0) is 20.7 Å². The lowest BCUT2D eigenvalue weighted by Gasteiger charge is -2.29. The highest BCUT2D eigenvalue weighted by Gasteiger charge is 2.21. The van der Waals surface area contributed by atoms with Gasteiger partial charge in [-0.1, -0.05) is 12.1 Å². The molecule has 30 heavy (non-hydrogen) atoms. The summed E-state index contributed by atoms with van der Waals surface area (Å²) in [7, 11) is 1.75. The maximum atomic E-state index is 12.2. The summed E-state index contributed by atoms with van der Waals surface area (Å²) in [5, 5.41) is 10.3. The molecule has 2 aliphatic heterocycles. The molecule has 1 aromatic carbocycles. The quantitative estimate of drug-likeness (QED) is 0.484. The van der Waals surface area contributed by atoms with Crippen LogP contribution in [0.15, 0.2) is 42.2 Å². The van der Waals surface area contributed by atoms with Crippen LogP contribution in [0.1, 0.15) is 32.8 Å². The van der Waals surface area contributed by atoms with Gasteiger partial charge in [-0.15, -0.1) is 0 Å². The number of esters is 1. The van der Waals surface area contributed by atoms with E-state index < -0.39 is 12.4 Å². The van der Waals surface area contributed by atoms with Crippen LogP contribution in [-0.4, -0.2) is 60.0 Å². The highest BCUT2D eigenvalue weighted by atomic mass is 16.7. The van der Waals surface area contributed by atoms with E-state index in [0.29, 0.717) is 18.4 Å². The van der Waals surface area contributed by atoms with Gasteiger partial charge >= 0.3 is 5.97 Å². The first-order valence-corrected chi connectivity index (χ1v) is 10.1. The first-order chi connectivity index (χ1) is 14.3. The van der Waals surface area contributed by atoms with Crippen molar-refractivity contribution in [2.75, 3.05) is 20.6 Å². The van der Waals surface area contributed by atoms with Crippen molar-refractivity contribution in [3.63, 3.8) is 0 Å². The maximum absolute atomic E-state index is 12.2. The zero-order valence-electron chi connectivity index (χ0n) is 17.9. The SMILES string of the molecule is CC(C)N1C=CCC(C(=O)OCOC(O)N(C)C(C)Cc2ccc3c(c2)OCO3)=C1. The minimum absolute atomic E-state index is 0.0261. The minimum Gasteiger partial charge on any atom is -0.454 e. The highest BCUT2D eigenvalue weighted by Crippen LogP contribution is 2.33. The molecule has 0 aromatic heterocycles. The van der Waals surface area contributed by atoms with Crippen LogP contribution in [0.25, 0.3) is 0 Å². The normalized spacial score (nSPS) is 17.3. The third-order valence-corrected chi connectivity index (χ3v) is 5.20. The topological polar surface area (TPSA) is 80.7 Å². The second kappa shape index (κ2) is 9.97. The Balaban J connectivity index is 1.44. The van der Waals surface area contributed by atoms with Gasteiger partial charge in [-0.3, -0.25) is 4.90 Å². The fourth-order valence-corrected chi connectivity index (χ4v) is 3.16. The fourth-order valence-electron chi connectivity index (χ4n) is 3.16. The van der Waals surface area contributed by atoms with Gasteiger partial charge < -0.3 is 29.0 Å². The number of allylic oxidation sites excluding steroid dienone is 1. The number of aliphatic hydroxyl groups is 1. The van der Waals surface area contributed by atoms with Gasteiger partial charge in [-0.05, 0) is 51.9 Å². The van der Waals surface area contributed by atoms with E-state index in [9.17, 15) is 9.90 Å². The molecular weight excluding hydrogens is 388 g/mol. The molecule has 2 unspecified atom stereocenters. The molecule has 0 saturated carbocycles. The number of hydrogen-bond donors (Lipinski definition) is 1. The Morgan fingerprint density at radius 3 is 2.80 bits per heavy atom. The Morgan fingerprint density at radius 1 is 1.27 bits per heavy atom. The van der Waals surface area contributed by atoms with Crippen molar-refractivity contribution >= 4 is 5.97 Å². The Morgan fingerprint density at radius 2 is 2.03 bits per heavy atom. The number of nitrogens with zero attached hydrogens (tertiary/aromatic N) is 2. The zero-order valence-corrected chi connectivity index (χ0v) is 17.9. The number of carbonyl (C=O) groups excluding carboxylic acids is 1. The second-order valence-corrected chi connectivity index (χ2v) is 7.73. The third kappa shape index (κ3) is 5.53. The van der Waals surface area contributed by atoms with E-state index >= 15 is 0 Å². The number of benzene rings is 1. The summed E-state index contributed by atoms with van der Waals surface area (Å²) in [6.07, 6.45) is 5.63. The number of ether oxygens (including phenoxy) is 4. The molecule has 8 nitrogen and oxygen atoms in total. The summed E-state index contributed by atoms with van der Waals surface area (Å²) in [5.74, 6) is 1.02. The molecular formula is C22H30N2O6. The van der Waals surface area contributed by atoms with Gasteiger partial charge in [0.15, 0.2) is 18.3 Å². The van der Waals surface area contributed by atoms with E-state index in [0.717, 1.165) is 17.1 Å². The minimum atomic E-state index is -1.20. The lowest BCUT2D eigenvalue weighted by Crippen LogP contribution is -2.41. The van der Waals surface area contributed by atoms with Gasteiger partial charge in [0.1, 0.15) is 0 Å². The summed E-state index contributed by atoms with van der Waals surface area (Å²) in [5.41, 5.74) is 1.61. The average molecular weight is 418 g/mol. The van der Waals surface area contributed by atoms with E-state index in [-0.39, 0.29) is 25.7 Å². The molecule has 2 aliphatic rings. The molecule has 0 fully saturated rings. The lowest BCUT2D eigenvalue weighted by molar-refractivity contribution is -0.233. The van der Waals surface area contributed by atoms with Crippen LogP contribution in [0.5, 0.6) is 11.5 Å². The largest absolute Gasteiger partial charge is 0.454 e. The Hall–Kier alpha value is -2.55. The predicted molar refractivity (Wildman–Crippen MR) is 110 cm³/mol. The lowest BCUT2D eigenvalue weighted by atomic mass is 10.1. The molecule has 164 valence electrons. The summed E-state index contributed by atoms with van der Waals surface area (Å²) in [4.78, 5) is 15.9. The van der Waals surface area contributed by atoms with Gasteiger partial charge in [0.25, 0.3) is 0 Å². The summed E-state index contributed by atoms with van der Waals surface area (Å²) in [6.45, 7) is 5.96. The van der Waals surface area contributed by atoms with Crippen LogP contribution in [0, 0.1) is 0 Å². The number of carbonyl (C=O) groups is 1. The number of aliphatic hydroxyl groups excluding tert-OH is 1. The van der Waals surface area contributed by atoms with Crippen molar-refractivity contribution in [3.8, 4) is 11.5 Å². The van der Waals surface area contributed by atoms with Crippen molar-refractivity contribution in [3.05, 3.63) is 47.8 Å². The highest BCUT2D eigenvalue weighted by molar-refractivity contribution is 5.88. The van der Waals surface area contributed by atoms with Crippen LogP contribution in [0.2, 0.25) is 0 Å². The third-order valence-electron chi connectivity index (χ3n) is 5.20.